The zero-order valence-corrected chi connectivity index (χ0v) is 10.2. The van der Waals surface area contributed by atoms with Crippen molar-refractivity contribution in [3.05, 3.63) is 17.5 Å². The molecule has 4 heteroatoms. The van der Waals surface area contributed by atoms with Crippen molar-refractivity contribution in [2.24, 2.45) is 0 Å². The van der Waals surface area contributed by atoms with Crippen LogP contribution in [-0.4, -0.2) is 29.5 Å². The largest absolute Gasteiger partial charge is 0.379 e. The third-order valence-electron chi connectivity index (χ3n) is 3.09. The molecule has 0 radical (unpaired) electrons. The molecular formula is C12H21N3O. The molecule has 0 bridgehead atoms. The van der Waals surface area contributed by atoms with E-state index in [0.29, 0.717) is 6.04 Å². The van der Waals surface area contributed by atoms with E-state index in [2.05, 4.69) is 35.1 Å². The molecule has 1 unspecified atom stereocenters. The minimum absolute atomic E-state index is 0.433. The predicted molar refractivity (Wildman–Crippen MR) is 63.4 cm³/mol. The first-order chi connectivity index (χ1) is 7.81. The minimum atomic E-state index is 0.433. The number of rotatable bonds is 4. The van der Waals surface area contributed by atoms with Crippen molar-refractivity contribution in [2.45, 2.75) is 39.3 Å². The average Bonchev–Trinajstić information content (AvgIpc) is 2.69. The van der Waals surface area contributed by atoms with E-state index >= 15 is 0 Å². The van der Waals surface area contributed by atoms with E-state index in [1.807, 2.05) is 0 Å². The van der Waals surface area contributed by atoms with Gasteiger partial charge in [0.25, 0.3) is 0 Å². The number of hydrogen-bond donors (Lipinski definition) is 1. The van der Waals surface area contributed by atoms with Crippen LogP contribution in [0.2, 0.25) is 0 Å². The first kappa shape index (κ1) is 11.6. The maximum Gasteiger partial charge on any atom is 0.0753 e. The van der Waals surface area contributed by atoms with Crippen molar-refractivity contribution < 1.29 is 4.74 Å². The number of aromatic nitrogens is 2. The fourth-order valence-electron chi connectivity index (χ4n) is 2.07. The Bertz CT molecular complexity index is 329. The summed E-state index contributed by atoms with van der Waals surface area (Å²) in [5.41, 5.74) is 2.43. The van der Waals surface area contributed by atoms with Crippen molar-refractivity contribution in [1.82, 2.24) is 15.1 Å². The van der Waals surface area contributed by atoms with Crippen LogP contribution in [0.5, 0.6) is 0 Å². The Morgan fingerprint density at radius 3 is 3.19 bits per heavy atom. The van der Waals surface area contributed by atoms with Gasteiger partial charge in [-0.3, -0.25) is 4.68 Å². The summed E-state index contributed by atoms with van der Waals surface area (Å²) in [4.78, 5) is 0. The molecule has 1 saturated heterocycles. The van der Waals surface area contributed by atoms with Gasteiger partial charge in [0.15, 0.2) is 0 Å². The standard InChI is InChI=1S/C12H21N3O/c1-3-13-7-11-8-15(14-10(11)2)12-5-4-6-16-9-12/h8,12-13H,3-7,9H2,1-2H3. The van der Waals surface area contributed by atoms with Gasteiger partial charge >= 0.3 is 0 Å². The van der Waals surface area contributed by atoms with Crippen LogP contribution in [-0.2, 0) is 11.3 Å². The highest BCUT2D eigenvalue weighted by Gasteiger charge is 2.17. The van der Waals surface area contributed by atoms with Crippen molar-refractivity contribution in [1.29, 1.82) is 0 Å². The van der Waals surface area contributed by atoms with Crippen molar-refractivity contribution in [3.8, 4) is 0 Å². The van der Waals surface area contributed by atoms with Gasteiger partial charge in [-0.25, -0.2) is 0 Å². The van der Waals surface area contributed by atoms with Gasteiger partial charge < -0.3 is 10.1 Å². The van der Waals surface area contributed by atoms with E-state index in [1.165, 1.54) is 12.0 Å². The molecule has 1 fully saturated rings. The highest BCUT2D eigenvalue weighted by atomic mass is 16.5. The van der Waals surface area contributed by atoms with E-state index in [4.69, 9.17) is 4.74 Å². The lowest BCUT2D eigenvalue weighted by Gasteiger charge is -2.22. The van der Waals surface area contributed by atoms with E-state index < -0.39 is 0 Å². The van der Waals surface area contributed by atoms with Gasteiger partial charge in [0, 0.05) is 24.9 Å². The molecule has 0 spiro atoms. The Labute approximate surface area is 97.0 Å². The van der Waals surface area contributed by atoms with Gasteiger partial charge in [-0.1, -0.05) is 6.92 Å². The van der Waals surface area contributed by atoms with Crippen LogP contribution < -0.4 is 5.32 Å². The molecule has 0 aliphatic carbocycles. The van der Waals surface area contributed by atoms with Gasteiger partial charge in [-0.15, -0.1) is 0 Å². The number of nitrogens with one attached hydrogen (secondary N) is 1. The van der Waals surface area contributed by atoms with E-state index in [-0.39, 0.29) is 0 Å². The van der Waals surface area contributed by atoms with Gasteiger partial charge in [0.2, 0.25) is 0 Å². The molecule has 90 valence electrons. The Balaban J connectivity index is 2.03. The summed E-state index contributed by atoms with van der Waals surface area (Å²) in [6.07, 6.45) is 4.49. The number of aryl methyl sites for hydroxylation is 1. The molecule has 0 aromatic carbocycles. The third-order valence-corrected chi connectivity index (χ3v) is 3.09. The van der Waals surface area contributed by atoms with Crippen molar-refractivity contribution in [3.63, 3.8) is 0 Å². The zero-order valence-electron chi connectivity index (χ0n) is 10.2. The smallest absolute Gasteiger partial charge is 0.0753 e. The second-order valence-electron chi connectivity index (χ2n) is 4.37. The van der Waals surface area contributed by atoms with Crippen LogP contribution in [0.25, 0.3) is 0 Å². The van der Waals surface area contributed by atoms with Gasteiger partial charge in [0.1, 0.15) is 0 Å². The molecule has 1 aliphatic heterocycles. The molecule has 1 aromatic rings. The minimum Gasteiger partial charge on any atom is -0.379 e. The fourth-order valence-corrected chi connectivity index (χ4v) is 2.07. The summed E-state index contributed by atoms with van der Waals surface area (Å²) >= 11 is 0. The maximum atomic E-state index is 5.49. The monoisotopic (exact) mass is 223 g/mol. The number of nitrogens with zero attached hydrogens (tertiary/aromatic N) is 2. The quantitative estimate of drug-likeness (QED) is 0.843. The van der Waals surface area contributed by atoms with Gasteiger partial charge in [0.05, 0.1) is 18.3 Å². The van der Waals surface area contributed by atoms with Gasteiger partial charge in [-0.2, -0.15) is 5.10 Å². The van der Waals surface area contributed by atoms with E-state index in [9.17, 15) is 0 Å². The molecule has 1 N–H and O–H groups in total. The summed E-state index contributed by atoms with van der Waals surface area (Å²) < 4.78 is 7.57. The zero-order chi connectivity index (χ0) is 11.4. The fraction of sp³-hybridized carbons (Fsp3) is 0.750. The second kappa shape index (κ2) is 5.46. The Morgan fingerprint density at radius 1 is 1.62 bits per heavy atom. The Morgan fingerprint density at radius 2 is 2.50 bits per heavy atom. The maximum absolute atomic E-state index is 5.49. The van der Waals surface area contributed by atoms with Crippen LogP contribution >= 0.6 is 0 Å². The van der Waals surface area contributed by atoms with Crippen LogP contribution in [0, 0.1) is 6.92 Å². The molecular weight excluding hydrogens is 202 g/mol. The summed E-state index contributed by atoms with van der Waals surface area (Å²) in [5.74, 6) is 0. The highest BCUT2D eigenvalue weighted by molar-refractivity contribution is 5.15. The van der Waals surface area contributed by atoms with Gasteiger partial charge in [-0.05, 0) is 26.3 Å². The molecule has 0 amide bonds. The summed E-state index contributed by atoms with van der Waals surface area (Å²) in [5, 5.41) is 7.92. The first-order valence-corrected chi connectivity index (χ1v) is 6.14. The Hall–Kier alpha value is -0.870. The molecule has 16 heavy (non-hydrogen) atoms. The number of ether oxygens (including phenoxy) is 1. The normalized spacial score (nSPS) is 21.2. The Kier molecular flexibility index (Phi) is 3.96. The number of hydrogen-bond acceptors (Lipinski definition) is 3. The van der Waals surface area contributed by atoms with Crippen molar-refractivity contribution >= 4 is 0 Å². The summed E-state index contributed by atoms with van der Waals surface area (Å²) in [6, 6.07) is 0.433. The summed E-state index contributed by atoms with van der Waals surface area (Å²) in [6.45, 7) is 7.82. The highest BCUT2D eigenvalue weighted by Crippen LogP contribution is 2.20. The lowest BCUT2D eigenvalue weighted by molar-refractivity contribution is 0.0548. The summed E-state index contributed by atoms with van der Waals surface area (Å²) in [7, 11) is 0. The molecule has 1 atom stereocenters. The third kappa shape index (κ3) is 2.62. The molecule has 1 aliphatic rings. The first-order valence-electron chi connectivity index (χ1n) is 6.14. The lowest BCUT2D eigenvalue weighted by Crippen LogP contribution is -2.21. The van der Waals surface area contributed by atoms with Crippen LogP contribution in [0.1, 0.15) is 37.1 Å². The SMILES string of the molecule is CCNCc1cn(C2CCCOC2)nc1C. The molecule has 2 rings (SSSR count). The van der Waals surface area contributed by atoms with E-state index in [1.54, 1.807) is 0 Å². The van der Waals surface area contributed by atoms with Crippen LogP contribution in [0.15, 0.2) is 6.20 Å². The molecule has 4 nitrogen and oxygen atoms in total. The topological polar surface area (TPSA) is 39.1 Å². The van der Waals surface area contributed by atoms with Crippen LogP contribution in [0.3, 0.4) is 0 Å². The average molecular weight is 223 g/mol. The van der Waals surface area contributed by atoms with Crippen molar-refractivity contribution in [2.75, 3.05) is 19.8 Å². The molecule has 1 aromatic heterocycles. The predicted octanol–water partition coefficient (Wildman–Crippen LogP) is 1.65. The molecule has 2 heterocycles. The van der Waals surface area contributed by atoms with Crippen LogP contribution in [0.4, 0.5) is 0 Å². The van der Waals surface area contributed by atoms with E-state index in [0.717, 1.165) is 38.4 Å². The molecule has 0 saturated carbocycles. The lowest BCUT2D eigenvalue weighted by atomic mass is 10.1. The second-order valence-corrected chi connectivity index (χ2v) is 4.37.